The maximum Gasteiger partial charge on any atom is 0.233 e. The predicted octanol–water partition coefficient (Wildman–Crippen LogP) is 2.28. The van der Waals surface area contributed by atoms with Gasteiger partial charge in [0, 0.05) is 24.6 Å². The molecule has 1 amide bonds. The number of carbonyl (C=O) groups excluding carboxylic acids is 1. The lowest BCUT2D eigenvalue weighted by atomic mass is 10.1. The Kier molecular flexibility index (Phi) is 7.20. The van der Waals surface area contributed by atoms with Gasteiger partial charge in [-0.3, -0.25) is 9.79 Å². The average molecular weight is 376 g/mol. The van der Waals surface area contributed by atoms with Gasteiger partial charge >= 0.3 is 0 Å². The topological polar surface area (TPSA) is 67.9 Å². The van der Waals surface area contributed by atoms with Crippen molar-refractivity contribution in [3.8, 4) is 0 Å². The first-order valence-electron chi connectivity index (χ1n) is 7.59. The summed E-state index contributed by atoms with van der Waals surface area (Å²) >= 11 is 3.11. The fourth-order valence-electron chi connectivity index (χ4n) is 2.71. The number of halogens is 1. The number of nitrogens with zero attached hydrogens (tertiary/aromatic N) is 2. The second-order valence-corrected chi connectivity index (χ2v) is 7.53. The van der Waals surface area contributed by atoms with Gasteiger partial charge in [-0.2, -0.15) is 0 Å². The number of amidine groups is 1. The Labute approximate surface area is 151 Å². The summed E-state index contributed by atoms with van der Waals surface area (Å²) in [5.74, 6) is 0.498. The molecule has 0 radical (unpaired) electrons. The number of hydrogen-bond donors (Lipinski definition) is 1. The molecule has 0 saturated carbocycles. The second kappa shape index (κ2) is 8.92. The van der Waals surface area contributed by atoms with E-state index in [1.54, 1.807) is 11.3 Å². The number of amides is 1. The molecule has 2 aliphatic rings. The number of rotatable bonds is 4. The standard InChI is InChI=1S/C15H21N3O2S2.ClH/c16-15(17-8-12-2-1-6-20-12)22-10-14(19)18-5-3-13-11(9-18)4-7-21-13;/h4,7,12H,1-3,5-6,8-10H2,(H2,16,17);1H. The third-order valence-corrected chi connectivity index (χ3v) is 5.82. The van der Waals surface area contributed by atoms with Crippen LogP contribution in [0.5, 0.6) is 0 Å². The third-order valence-electron chi connectivity index (χ3n) is 3.98. The number of ether oxygens (including phenoxy) is 1. The molecule has 3 rings (SSSR count). The zero-order valence-electron chi connectivity index (χ0n) is 12.9. The van der Waals surface area contributed by atoms with Crippen molar-refractivity contribution in [2.75, 3.05) is 25.4 Å². The van der Waals surface area contributed by atoms with Crippen molar-refractivity contribution in [3.63, 3.8) is 0 Å². The van der Waals surface area contributed by atoms with Gasteiger partial charge < -0.3 is 15.4 Å². The van der Waals surface area contributed by atoms with Crippen LogP contribution in [0, 0.1) is 0 Å². The molecule has 1 fully saturated rings. The largest absolute Gasteiger partial charge is 0.379 e. The number of nitrogens with two attached hydrogens (primary N) is 1. The molecule has 0 aromatic carbocycles. The molecule has 1 saturated heterocycles. The molecule has 5 nitrogen and oxygen atoms in total. The molecule has 0 aliphatic carbocycles. The van der Waals surface area contributed by atoms with Gasteiger partial charge in [0.05, 0.1) is 18.4 Å². The van der Waals surface area contributed by atoms with Crippen molar-refractivity contribution >= 4 is 46.6 Å². The summed E-state index contributed by atoms with van der Waals surface area (Å²) in [5, 5.41) is 2.58. The number of hydrogen-bond acceptors (Lipinski definition) is 5. The third kappa shape index (κ3) is 5.11. The Morgan fingerprint density at radius 2 is 2.43 bits per heavy atom. The fourth-order valence-corrected chi connectivity index (χ4v) is 4.22. The predicted molar refractivity (Wildman–Crippen MR) is 98.6 cm³/mol. The molecule has 0 spiro atoms. The first kappa shape index (κ1) is 18.6. The normalized spacial score (nSPS) is 21.0. The van der Waals surface area contributed by atoms with Crippen LogP contribution in [-0.2, 0) is 22.5 Å². The zero-order valence-corrected chi connectivity index (χ0v) is 15.4. The van der Waals surface area contributed by atoms with Gasteiger partial charge in [-0.05, 0) is 36.3 Å². The highest BCUT2D eigenvalue weighted by atomic mass is 35.5. The van der Waals surface area contributed by atoms with Gasteiger partial charge in [-0.1, -0.05) is 11.8 Å². The monoisotopic (exact) mass is 375 g/mol. The van der Waals surface area contributed by atoms with Crippen molar-refractivity contribution in [2.45, 2.75) is 31.9 Å². The lowest BCUT2D eigenvalue weighted by molar-refractivity contribution is -0.129. The molecule has 1 aromatic rings. The van der Waals surface area contributed by atoms with E-state index in [-0.39, 0.29) is 24.4 Å². The van der Waals surface area contributed by atoms with E-state index in [0.29, 0.717) is 17.5 Å². The van der Waals surface area contributed by atoms with Crippen LogP contribution in [0.3, 0.4) is 0 Å². The van der Waals surface area contributed by atoms with Crippen LogP contribution in [0.1, 0.15) is 23.3 Å². The van der Waals surface area contributed by atoms with E-state index in [4.69, 9.17) is 10.5 Å². The van der Waals surface area contributed by atoms with E-state index in [0.717, 1.165) is 39.0 Å². The molecule has 8 heteroatoms. The van der Waals surface area contributed by atoms with Crippen molar-refractivity contribution in [2.24, 2.45) is 10.7 Å². The molecule has 2 aliphatic heterocycles. The summed E-state index contributed by atoms with van der Waals surface area (Å²) in [5.41, 5.74) is 7.16. The molecule has 128 valence electrons. The molecule has 1 aromatic heterocycles. The van der Waals surface area contributed by atoms with Crippen molar-refractivity contribution in [3.05, 3.63) is 21.9 Å². The molecule has 0 bridgehead atoms. The lowest BCUT2D eigenvalue weighted by Crippen LogP contribution is -2.36. The van der Waals surface area contributed by atoms with Gasteiger partial charge in [-0.15, -0.1) is 23.7 Å². The molecule has 23 heavy (non-hydrogen) atoms. The Morgan fingerprint density at radius 1 is 1.57 bits per heavy atom. The summed E-state index contributed by atoms with van der Waals surface area (Å²) in [7, 11) is 0. The number of thioether (sulfide) groups is 1. The highest BCUT2D eigenvalue weighted by Gasteiger charge is 2.21. The smallest absolute Gasteiger partial charge is 0.233 e. The highest BCUT2D eigenvalue weighted by molar-refractivity contribution is 8.14. The second-order valence-electron chi connectivity index (χ2n) is 5.54. The van der Waals surface area contributed by atoms with Crippen LogP contribution in [0.2, 0.25) is 0 Å². The fraction of sp³-hybridized carbons (Fsp3) is 0.600. The Bertz CT molecular complexity index is 559. The minimum absolute atomic E-state index is 0. The zero-order chi connectivity index (χ0) is 15.4. The van der Waals surface area contributed by atoms with E-state index in [2.05, 4.69) is 16.4 Å². The van der Waals surface area contributed by atoms with E-state index in [9.17, 15) is 4.79 Å². The van der Waals surface area contributed by atoms with Crippen LogP contribution in [-0.4, -0.2) is 47.5 Å². The number of carbonyl (C=O) groups is 1. The SMILES string of the molecule is Cl.NC(=NCC1CCCO1)SCC(=O)N1CCc2sccc2C1. The Balaban J connectivity index is 0.00000192. The Morgan fingerprint density at radius 3 is 3.22 bits per heavy atom. The first-order valence-corrected chi connectivity index (χ1v) is 9.46. The molecule has 1 unspecified atom stereocenters. The Hall–Kier alpha value is -0.760. The van der Waals surface area contributed by atoms with Crippen LogP contribution < -0.4 is 5.73 Å². The number of aliphatic imine (C=N–C) groups is 1. The van der Waals surface area contributed by atoms with E-state index in [1.807, 2.05) is 4.90 Å². The number of fused-ring (bicyclic) bond motifs is 1. The highest BCUT2D eigenvalue weighted by Crippen LogP contribution is 2.24. The minimum atomic E-state index is 0. The summed E-state index contributed by atoms with van der Waals surface area (Å²) < 4.78 is 5.50. The van der Waals surface area contributed by atoms with Gasteiger partial charge in [-0.25, -0.2) is 0 Å². The van der Waals surface area contributed by atoms with Crippen LogP contribution in [0.25, 0.3) is 0 Å². The van der Waals surface area contributed by atoms with Crippen molar-refractivity contribution in [1.82, 2.24) is 4.90 Å². The van der Waals surface area contributed by atoms with Gasteiger partial charge in [0.25, 0.3) is 0 Å². The van der Waals surface area contributed by atoms with Gasteiger partial charge in [0.2, 0.25) is 5.91 Å². The molecular weight excluding hydrogens is 354 g/mol. The average Bonchev–Trinajstić information content (AvgIpc) is 3.20. The molecule has 2 N–H and O–H groups in total. The van der Waals surface area contributed by atoms with Gasteiger partial charge in [0.15, 0.2) is 5.17 Å². The molecular formula is C15H22ClN3O2S2. The summed E-state index contributed by atoms with van der Waals surface area (Å²) in [4.78, 5) is 19.9. The van der Waals surface area contributed by atoms with E-state index >= 15 is 0 Å². The van der Waals surface area contributed by atoms with Crippen LogP contribution in [0.4, 0.5) is 0 Å². The quantitative estimate of drug-likeness (QED) is 0.647. The minimum Gasteiger partial charge on any atom is -0.379 e. The summed E-state index contributed by atoms with van der Waals surface area (Å²) in [6.45, 7) is 2.96. The van der Waals surface area contributed by atoms with E-state index in [1.165, 1.54) is 22.2 Å². The van der Waals surface area contributed by atoms with Crippen molar-refractivity contribution in [1.29, 1.82) is 0 Å². The maximum absolute atomic E-state index is 12.3. The molecule has 1 atom stereocenters. The molecule has 3 heterocycles. The maximum atomic E-state index is 12.3. The number of thiophene rings is 1. The van der Waals surface area contributed by atoms with Crippen LogP contribution >= 0.6 is 35.5 Å². The van der Waals surface area contributed by atoms with E-state index < -0.39 is 0 Å². The van der Waals surface area contributed by atoms with Crippen molar-refractivity contribution < 1.29 is 9.53 Å². The summed E-state index contributed by atoms with van der Waals surface area (Å²) in [6, 6.07) is 2.12. The lowest BCUT2D eigenvalue weighted by Gasteiger charge is -2.26. The van der Waals surface area contributed by atoms with Crippen LogP contribution in [0.15, 0.2) is 16.4 Å². The summed E-state index contributed by atoms with van der Waals surface area (Å²) in [6.07, 6.45) is 3.32. The first-order chi connectivity index (χ1) is 10.7. The van der Waals surface area contributed by atoms with Gasteiger partial charge in [0.1, 0.15) is 0 Å².